The van der Waals surface area contributed by atoms with Crippen LogP contribution in [0.25, 0.3) is 0 Å². The highest BCUT2D eigenvalue weighted by atomic mass is 17.3. The highest BCUT2D eigenvalue weighted by molar-refractivity contribution is 5.05. The number of nitrogens with zero attached hydrogens (tertiary/aromatic N) is 3. The molecule has 2 heterocycles. The first-order chi connectivity index (χ1) is 12.7. The van der Waals surface area contributed by atoms with E-state index in [1.54, 1.807) is 0 Å². The Morgan fingerprint density at radius 2 is 1.69 bits per heavy atom. The molecule has 0 aromatic carbocycles. The van der Waals surface area contributed by atoms with E-state index in [-0.39, 0.29) is 0 Å². The third-order valence-corrected chi connectivity index (χ3v) is 7.98. The zero-order valence-electron chi connectivity index (χ0n) is 15.2. The van der Waals surface area contributed by atoms with Crippen molar-refractivity contribution in [3.63, 3.8) is 0 Å². The van der Waals surface area contributed by atoms with E-state index in [1.165, 1.54) is 32.1 Å². The van der Waals surface area contributed by atoms with E-state index in [2.05, 4.69) is 20.6 Å². The summed E-state index contributed by atoms with van der Waals surface area (Å²) in [4.78, 5) is 12.1. The summed E-state index contributed by atoms with van der Waals surface area (Å²) in [5, 5.41) is 14.3. The maximum Gasteiger partial charge on any atom is 0.210 e. The fourth-order valence-electron chi connectivity index (χ4n) is 6.82. The smallest absolute Gasteiger partial charge is 0.210 e. The number of tetrazole rings is 1. The average Bonchev–Trinajstić information content (AvgIpc) is 3.28. The summed E-state index contributed by atoms with van der Waals surface area (Å²) < 4.78 is 6.77. The molecule has 1 aromatic rings. The van der Waals surface area contributed by atoms with Crippen LogP contribution in [-0.2, 0) is 20.9 Å². The van der Waals surface area contributed by atoms with Gasteiger partial charge in [-0.3, -0.25) is 0 Å². The lowest BCUT2D eigenvalue weighted by molar-refractivity contribution is -0.390. The number of hydrogen-bond donors (Lipinski definition) is 1. The minimum Gasteiger partial charge on any atom is -0.312 e. The molecule has 1 N–H and O–H groups in total. The molecule has 6 aliphatic rings. The Balaban J connectivity index is 1.10. The summed E-state index contributed by atoms with van der Waals surface area (Å²) in [6, 6.07) is 0. The Kier molecular flexibility index (Phi) is 3.51. The first kappa shape index (κ1) is 16.0. The number of aryl methyl sites for hydroxylation is 1. The van der Waals surface area contributed by atoms with Crippen molar-refractivity contribution in [2.24, 2.45) is 29.6 Å². The second-order valence-corrected chi connectivity index (χ2v) is 9.52. The maximum atomic E-state index is 6.77. The molecule has 0 radical (unpaired) electrons. The van der Waals surface area contributed by atoms with Crippen LogP contribution in [0, 0.1) is 29.6 Å². The molecule has 0 atom stereocenters. The molecule has 5 aliphatic carbocycles. The van der Waals surface area contributed by atoms with E-state index in [1.807, 2.05) is 0 Å². The van der Waals surface area contributed by atoms with Crippen LogP contribution >= 0.6 is 0 Å². The van der Waals surface area contributed by atoms with E-state index < -0.39 is 11.6 Å². The largest absolute Gasteiger partial charge is 0.312 e. The van der Waals surface area contributed by atoms with Crippen molar-refractivity contribution in [3.05, 3.63) is 5.82 Å². The van der Waals surface area contributed by atoms with Gasteiger partial charge in [0, 0.05) is 31.1 Å². The Hall–Kier alpha value is -1.05. The van der Waals surface area contributed by atoms with Gasteiger partial charge in [0.05, 0.1) is 0 Å². The van der Waals surface area contributed by atoms with Gasteiger partial charge in [-0.25, -0.2) is 0 Å². The van der Waals surface area contributed by atoms with Gasteiger partial charge in [0.15, 0.2) is 5.82 Å². The molecular weight excluding hydrogens is 332 g/mol. The SMILES string of the molecule is C(CC1CCC2(CC1)OOC1(O2)C2CC3CC(C2)CC1C3)c1nn[nH]n1. The van der Waals surface area contributed by atoms with Crippen LogP contribution in [0.1, 0.15) is 70.0 Å². The predicted octanol–water partition coefficient (Wildman–Crippen LogP) is 3.15. The summed E-state index contributed by atoms with van der Waals surface area (Å²) in [7, 11) is 0. The fourth-order valence-corrected chi connectivity index (χ4v) is 6.82. The number of nitrogens with one attached hydrogen (secondary N) is 1. The van der Waals surface area contributed by atoms with Gasteiger partial charge in [-0.1, -0.05) is 5.21 Å². The topological polar surface area (TPSA) is 82.1 Å². The average molecular weight is 360 g/mol. The first-order valence-corrected chi connectivity index (χ1v) is 10.5. The molecule has 142 valence electrons. The van der Waals surface area contributed by atoms with Crippen molar-refractivity contribution in [2.45, 2.75) is 82.2 Å². The Labute approximate surface area is 153 Å². The van der Waals surface area contributed by atoms with Crippen LogP contribution in [0.3, 0.4) is 0 Å². The van der Waals surface area contributed by atoms with E-state index in [0.29, 0.717) is 17.8 Å². The van der Waals surface area contributed by atoms with Crippen molar-refractivity contribution in [3.8, 4) is 0 Å². The minimum atomic E-state index is -0.488. The molecule has 6 fully saturated rings. The van der Waals surface area contributed by atoms with Crippen LogP contribution < -0.4 is 0 Å². The van der Waals surface area contributed by atoms with Gasteiger partial charge < -0.3 is 4.74 Å². The molecular formula is C19H28N4O3. The number of H-pyrrole nitrogens is 1. The number of rotatable bonds is 3. The summed E-state index contributed by atoms with van der Waals surface area (Å²) >= 11 is 0. The standard InChI is InChI=1S/C19H28N4O3/c1(2-17-20-22-23-21-17)12-3-5-18(6-4-12)24-19(26-25-18)15-8-13-7-14(10-15)11-16(19)9-13/h12-16H,1-11H2,(H,20,21,22,23). The molecule has 4 bridgehead atoms. The first-order valence-electron chi connectivity index (χ1n) is 10.5. The monoisotopic (exact) mass is 360 g/mol. The van der Waals surface area contributed by atoms with E-state index in [9.17, 15) is 0 Å². The van der Waals surface area contributed by atoms with Crippen molar-refractivity contribution in [1.29, 1.82) is 0 Å². The lowest BCUT2D eigenvalue weighted by Gasteiger charge is -2.57. The Morgan fingerprint density at radius 3 is 2.35 bits per heavy atom. The highest BCUT2D eigenvalue weighted by Crippen LogP contribution is 2.63. The zero-order valence-corrected chi connectivity index (χ0v) is 15.2. The normalized spacial score (nSPS) is 49.5. The second kappa shape index (κ2) is 5.72. The zero-order chi connectivity index (χ0) is 17.2. The van der Waals surface area contributed by atoms with Gasteiger partial charge in [-0.2, -0.15) is 15.0 Å². The van der Waals surface area contributed by atoms with E-state index in [0.717, 1.165) is 56.2 Å². The van der Waals surface area contributed by atoms with E-state index in [4.69, 9.17) is 14.5 Å². The Morgan fingerprint density at radius 1 is 0.962 bits per heavy atom. The van der Waals surface area contributed by atoms with Crippen molar-refractivity contribution in [1.82, 2.24) is 20.6 Å². The summed E-state index contributed by atoms with van der Waals surface area (Å²) in [5.41, 5.74) is 0. The third kappa shape index (κ3) is 2.39. The van der Waals surface area contributed by atoms with Gasteiger partial charge in [-0.05, 0) is 69.1 Å². The van der Waals surface area contributed by atoms with Crippen LogP contribution in [0.5, 0.6) is 0 Å². The molecule has 0 amide bonds. The lowest BCUT2D eigenvalue weighted by atomic mass is 9.53. The molecule has 7 rings (SSSR count). The van der Waals surface area contributed by atoms with Crippen LogP contribution in [-0.4, -0.2) is 32.2 Å². The van der Waals surface area contributed by atoms with Crippen molar-refractivity contribution >= 4 is 0 Å². The summed E-state index contributed by atoms with van der Waals surface area (Å²) in [6.07, 6.45) is 12.7. The van der Waals surface area contributed by atoms with Gasteiger partial charge >= 0.3 is 0 Å². The molecule has 2 spiro atoms. The quantitative estimate of drug-likeness (QED) is 0.834. The van der Waals surface area contributed by atoms with Gasteiger partial charge in [0.25, 0.3) is 0 Å². The minimum absolute atomic E-state index is 0.426. The molecule has 1 saturated heterocycles. The Bertz CT molecular complexity index is 628. The third-order valence-electron chi connectivity index (χ3n) is 7.98. The maximum absolute atomic E-state index is 6.77. The van der Waals surface area contributed by atoms with Gasteiger partial charge in [0.2, 0.25) is 11.6 Å². The molecule has 1 aliphatic heterocycles. The summed E-state index contributed by atoms with van der Waals surface area (Å²) in [5.74, 6) is 3.50. The molecule has 26 heavy (non-hydrogen) atoms. The molecule has 0 unspecified atom stereocenters. The second-order valence-electron chi connectivity index (χ2n) is 9.52. The molecule has 7 heteroatoms. The van der Waals surface area contributed by atoms with Crippen LogP contribution in [0.15, 0.2) is 0 Å². The molecule has 1 aromatic heterocycles. The molecule has 7 nitrogen and oxygen atoms in total. The molecule has 5 saturated carbocycles. The predicted molar refractivity (Wildman–Crippen MR) is 90.2 cm³/mol. The van der Waals surface area contributed by atoms with Crippen molar-refractivity contribution in [2.75, 3.05) is 0 Å². The number of ether oxygens (including phenoxy) is 1. The van der Waals surface area contributed by atoms with Gasteiger partial charge in [-0.15, -0.1) is 10.2 Å². The van der Waals surface area contributed by atoms with Crippen LogP contribution in [0.4, 0.5) is 0 Å². The number of aromatic nitrogens is 4. The van der Waals surface area contributed by atoms with Crippen molar-refractivity contribution < 1.29 is 14.5 Å². The van der Waals surface area contributed by atoms with Gasteiger partial charge in [0.1, 0.15) is 0 Å². The highest BCUT2D eigenvalue weighted by Gasteiger charge is 2.66. The fraction of sp³-hybridized carbons (Fsp3) is 0.947. The van der Waals surface area contributed by atoms with Crippen LogP contribution in [0.2, 0.25) is 0 Å². The van der Waals surface area contributed by atoms with E-state index >= 15 is 0 Å². The summed E-state index contributed by atoms with van der Waals surface area (Å²) in [6.45, 7) is 0. The number of hydrogen-bond acceptors (Lipinski definition) is 6. The lowest BCUT2D eigenvalue weighted by Crippen LogP contribution is -2.59. The number of aromatic amines is 1.